The number of hydrogen-bond acceptors (Lipinski definition) is 2. The zero-order valence-corrected chi connectivity index (χ0v) is 10.6. The summed E-state index contributed by atoms with van der Waals surface area (Å²) in [6.45, 7) is 0. The summed E-state index contributed by atoms with van der Waals surface area (Å²) in [5.41, 5.74) is 1.41. The Bertz CT molecular complexity index is 677. The highest BCUT2D eigenvalue weighted by Gasteiger charge is 2.31. The SMILES string of the molecule is N#Cc1cccc(-c2[c]cc(OC(F)(F)F)cc2Cl)c1. The fourth-order valence-corrected chi connectivity index (χ4v) is 1.88. The molecule has 0 saturated heterocycles. The van der Waals surface area contributed by atoms with E-state index in [2.05, 4.69) is 10.8 Å². The van der Waals surface area contributed by atoms with Crippen LogP contribution in [0.1, 0.15) is 5.56 Å². The number of nitriles is 1. The standard InChI is InChI=1S/C14H6ClF3NO/c15-13-7-11(20-14(16,17)18)4-5-12(13)10-3-1-2-9(6-10)8-19/h1-4,6-7H. The van der Waals surface area contributed by atoms with Gasteiger partial charge < -0.3 is 4.74 Å². The van der Waals surface area contributed by atoms with Crippen molar-refractivity contribution in [2.45, 2.75) is 6.36 Å². The van der Waals surface area contributed by atoms with E-state index in [4.69, 9.17) is 16.9 Å². The number of ether oxygens (including phenoxy) is 1. The van der Waals surface area contributed by atoms with Gasteiger partial charge in [-0.1, -0.05) is 23.7 Å². The van der Waals surface area contributed by atoms with Crippen LogP contribution in [0.25, 0.3) is 11.1 Å². The number of hydrogen-bond donors (Lipinski definition) is 0. The van der Waals surface area contributed by atoms with E-state index in [1.54, 1.807) is 24.3 Å². The topological polar surface area (TPSA) is 33.0 Å². The number of alkyl halides is 3. The number of nitrogens with zero attached hydrogens (tertiary/aromatic N) is 1. The maximum absolute atomic E-state index is 12.1. The zero-order chi connectivity index (χ0) is 14.8. The second-order valence-corrected chi connectivity index (χ2v) is 4.21. The van der Waals surface area contributed by atoms with Gasteiger partial charge in [0.05, 0.1) is 16.7 Å². The molecule has 0 unspecified atom stereocenters. The van der Waals surface area contributed by atoms with Crippen LogP contribution in [0.2, 0.25) is 5.02 Å². The fraction of sp³-hybridized carbons (Fsp3) is 0.0714. The Morgan fingerprint density at radius 3 is 2.60 bits per heavy atom. The molecular weight excluding hydrogens is 291 g/mol. The van der Waals surface area contributed by atoms with Crippen LogP contribution in [0.4, 0.5) is 13.2 Å². The molecular formula is C14H6ClF3NO. The third kappa shape index (κ3) is 3.43. The molecule has 0 atom stereocenters. The minimum Gasteiger partial charge on any atom is -0.406 e. The first-order valence-corrected chi connectivity index (χ1v) is 5.74. The Kier molecular flexibility index (Phi) is 3.86. The van der Waals surface area contributed by atoms with E-state index in [1.807, 2.05) is 6.07 Å². The lowest BCUT2D eigenvalue weighted by Gasteiger charge is -2.10. The van der Waals surface area contributed by atoms with Gasteiger partial charge >= 0.3 is 6.36 Å². The van der Waals surface area contributed by atoms with Gasteiger partial charge in [-0.15, -0.1) is 13.2 Å². The summed E-state index contributed by atoms with van der Waals surface area (Å²) in [7, 11) is 0. The molecule has 2 aromatic rings. The van der Waals surface area contributed by atoms with Gasteiger partial charge in [-0.05, 0) is 35.9 Å². The van der Waals surface area contributed by atoms with Crippen molar-refractivity contribution >= 4 is 11.6 Å². The highest BCUT2D eigenvalue weighted by molar-refractivity contribution is 6.33. The van der Waals surface area contributed by atoms with Crippen molar-refractivity contribution in [3.63, 3.8) is 0 Å². The summed E-state index contributed by atoms with van der Waals surface area (Å²) < 4.78 is 40.0. The molecule has 1 radical (unpaired) electrons. The molecule has 0 heterocycles. The molecule has 0 N–H and O–H groups in total. The first-order chi connectivity index (χ1) is 9.39. The van der Waals surface area contributed by atoms with Crippen LogP contribution in [-0.2, 0) is 0 Å². The van der Waals surface area contributed by atoms with Crippen LogP contribution < -0.4 is 4.74 Å². The molecule has 6 heteroatoms. The Morgan fingerprint density at radius 2 is 2.00 bits per heavy atom. The lowest BCUT2D eigenvalue weighted by atomic mass is 10.0. The summed E-state index contributed by atoms with van der Waals surface area (Å²) in [6, 6.07) is 13.2. The second kappa shape index (κ2) is 5.43. The van der Waals surface area contributed by atoms with E-state index in [-0.39, 0.29) is 5.02 Å². The van der Waals surface area contributed by atoms with Gasteiger partial charge in [0.1, 0.15) is 5.75 Å². The van der Waals surface area contributed by atoms with Crippen LogP contribution in [-0.4, -0.2) is 6.36 Å². The summed E-state index contributed by atoms with van der Waals surface area (Å²) in [4.78, 5) is 0. The van der Waals surface area contributed by atoms with Gasteiger partial charge in [0.15, 0.2) is 0 Å². The van der Waals surface area contributed by atoms with Crippen molar-refractivity contribution in [2.75, 3.05) is 0 Å². The molecule has 0 saturated carbocycles. The van der Waals surface area contributed by atoms with Gasteiger partial charge in [0.2, 0.25) is 0 Å². The van der Waals surface area contributed by atoms with Crippen molar-refractivity contribution in [2.24, 2.45) is 0 Å². The lowest BCUT2D eigenvalue weighted by molar-refractivity contribution is -0.274. The van der Waals surface area contributed by atoms with Crippen LogP contribution in [0.3, 0.4) is 0 Å². The third-order valence-electron chi connectivity index (χ3n) is 2.38. The Labute approximate surface area is 118 Å². The van der Waals surface area contributed by atoms with E-state index in [9.17, 15) is 13.2 Å². The largest absolute Gasteiger partial charge is 0.573 e. The van der Waals surface area contributed by atoms with Crippen molar-refractivity contribution in [1.29, 1.82) is 5.26 Å². The van der Waals surface area contributed by atoms with E-state index in [1.165, 1.54) is 0 Å². The maximum atomic E-state index is 12.1. The molecule has 2 rings (SSSR count). The van der Waals surface area contributed by atoms with Crippen LogP contribution >= 0.6 is 11.6 Å². The van der Waals surface area contributed by atoms with Crippen LogP contribution in [0, 0.1) is 17.4 Å². The highest BCUT2D eigenvalue weighted by atomic mass is 35.5. The summed E-state index contributed by atoms with van der Waals surface area (Å²) in [5.74, 6) is -0.442. The fourth-order valence-electron chi connectivity index (χ4n) is 1.61. The second-order valence-electron chi connectivity index (χ2n) is 3.80. The van der Waals surface area contributed by atoms with Crippen LogP contribution in [0.15, 0.2) is 36.4 Å². The van der Waals surface area contributed by atoms with Gasteiger partial charge in [-0.3, -0.25) is 0 Å². The van der Waals surface area contributed by atoms with Crippen molar-refractivity contribution < 1.29 is 17.9 Å². The lowest BCUT2D eigenvalue weighted by Crippen LogP contribution is -2.17. The summed E-state index contributed by atoms with van der Waals surface area (Å²) in [6.07, 6.45) is -4.78. The third-order valence-corrected chi connectivity index (χ3v) is 2.68. The Balaban J connectivity index is 2.37. The average molecular weight is 297 g/mol. The first-order valence-electron chi connectivity index (χ1n) is 5.36. The van der Waals surface area contributed by atoms with E-state index in [0.717, 1.165) is 12.1 Å². The van der Waals surface area contributed by atoms with Crippen molar-refractivity contribution in [3.8, 4) is 22.9 Å². The van der Waals surface area contributed by atoms with E-state index >= 15 is 0 Å². The normalized spacial score (nSPS) is 10.9. The Morgan fingerprint density at radius 1 is 1.25 bits per heavy atom. The van der Waals surface area contributed by atoms with E-state index in [0.29, 0.717) is 16.7 Å². The smallest absolute Gasteiger partial charge is 0.406 e. The molecule has 0 aromatic heterocycles. The first kappa shape index (κ1) is 14.2. The van der Waals surface area contributed by atoms with Crippen molar-refractivity contribution in [3.05, 3.63) is 53.1 Å². The Hall–Kier alpha value is -2.19. The predicted octanol–water partition coefficient (Wildman–Crippen LogP) is 4.58. The molecule has 0 fully saturated rings. The zero-order valence-electron chi connectivity index (χ0n) is 9.83. The number of rotatable bonds is 2. The van der Waals surface area contributed by atoms with Gasteiger partial charge in [0.25, 0.3) is 0 Å². The molecule has 0 aliphatic rings. The molecule has 0 amide bonds. The maximum Gasteiger partial charge on any atom is 0.573 e. The minimum absolute atomic E-state index is 0.0573. The van der Waals surface area contributed by atoms with Gasteiger partial charge in [0, 0.05) is 5.56 Å². The molecule has 0 aliphatic heterocycles. The molecule has 0 aliphatic carbocycles. The van der Waals surface area contributed by atoms with Gasteiger partial charge in [-0.2, -0.15) is 5.26 Å². The van der Waals surface area contributed by atoms with Crippen LogP contribution in [0.5, 0.6) is 5.75 Å². The van der Waals surface area contributed by atoms with E-state index < -0.39 is 12.1 Å². The summed E-state index contributed by atoms with van der Waals surface area (Å²) >= 11 is 5.93. The molecule has 2 aromatic carbocycles. The van der Waals surface area contributed by atoms with Crippen molar-refractivity contribution in [1.82, 2.24) is 0 Å². The molecule has 20 heavy (non-hydrogen) atoms. The number of benzene rings is 2. The predicted molar refractivity (Wildman–Crippen MR) is 67.1 cm³/mol. The minimum atomic E-state index is -4.78. The molecule has 2 nitrogen and oxygen atoms in total. The molecule has 0 spiro atoms. The molecule has 0 bridgehead atoms. The molecule has 101 valence electrons. The van der Waals surface area contributed by atoms with Gasteiger partial charge in [-0.25, -0.2) is 0 Å². The number of halogens is 4. The monoisotopic (exact) mass is 296 g/mol. The highest BCUT2D eigenvalue weighted by Crippen LogP contribution is 2.33. The quantitative estimate of drug-likeness (QED) is 0.813. The summed E-state index contributed by atoms with van der Waals surface area (Å²) in [5, 5.41) is 8.87. The average Bonchev–Trinajstić information content (AvgIpc) is 2.37.